The molecule has 0 radical (unpaired) electrons. The zero-order valence-corrected chi connectivity index (χ0v) is 19.8. The van der Waals surface area contributed by atoms with Gasteiger partial charge in [-0.1, -0.05) is 71.5 Å². The number of aliphatic hydroxyl groups excluding tert-OH is 1. The van der Waals surface area contributed by atoms with E-state index in [4.69, 9.17) is 16.3 Å². The Morgan fingerprint density at radius 1 is 1.18 bits per heavy atom. The number of thiazole rings is 1. The molecule has 4 rings (SSSR count). The minimum absolute atomic E-state index is 0.105. The second-order valence-corrected chi connectivity index (χ2v) is 8.82. The number of methoxy groups -OCH3 is 1. The number of hydrogen-bond donors (Lipinski definition) is 1. The number of carbonyl (C=O) groups excluding carboxylic acids is 3. The summed E-state index contributed by atoms with van der Waals surface area (Å²) in [5.74, 6) is -2.61. The number of anilines is 1. The monoisotopic (exact) mass is 494 g/mol. The number of ketones is 1. The summed E-state index contributed by atoms with van der Waals surface area (Å²) >= 11 is 7.13. The Morgan fingerprint density at radius 2 is 1.91 bits per heavy atom. The van der Waals surface area contributed by atoms with Gasteiger partial charge < -0.3 is 9.84 Å². The summed E-state index contributed by atoms with van der Waals surface area (Å²) in [6.45, 7) is 1.61. The molecule has 0 fully saturated rings. The van der Waals surface area contributed by atoms with Gasteiger partial charge in [0.05, 0.1) is 24.4 Å². The van der Waals surface area contributed by atoms with E-state index >= 15 is 0 Å². The molecule has 2 aromatic carbocycles. The van der Waals surface area contributed by atoms with Crippen LogP contribution in [0.15, 0.2) is 72.0 Å². The molecule has 7 nitrogen and oxygen atoms in total. The number of aryl methyl sites for hydroxylation is 1. The average Bonchev–Trinajstić information content (AvgIpc) is 3.34. The Labute approximate surface area is 204 Å². The van der Waals surface area contributed by atoms with Crippen molar-refractivity contribution in [2.24, 2.45) is 0 Å². The first-order chi connectivity index (χ1) is 16.3. The summed E-state index contributed by atoms with van der Waals surface area (Å²) in [5.41, 5.74) is 1.56. The second-order valence-electron chi connectivity index (χ2n) is 7.41. The molecule has 1 aliphatic heterocycles. The van der Waals surface area contributed by atoms with Crippen molar-refractivity contribution in [1.82, 2.24) is 4.98 Å². The zero-order chi connectivity index (χ0) is 24.4. The van der Waals surface area contributed by atoms with Gasteiger partial charge in [0.25, 0.3) is 5.91 Å². The number of ether oxygens (including phenoxy) is 1. The van der Waals surface area contributed by atoms with Crippen molar-refractivity contribution in [2.45, 2.75) is 13.0 Å². The Kier molecular flexibility index (Phi) is 6.63. The van der Waals surface area contributed by atoms with E-state index in [1.165, 1.54) is 18.1 Å². The van der Waals surface area contributed by atoms with E-state index in [2.05, 4.69) is 4.98 Å². The maximum Gasteiger partial charge on any atom is 0.350 e. The van der Waals surface area contributed by atoms with E-state index in [1.807, 2.05) is 30.3 Å². The van der Waals surface area contributed by atoms with Crippen LogP contribution >= 0.6 is 22.9 Å². The van der Waals surface area contributed by atoms with Crippen LogP contribution in [0, 0.1) is 6.92 Å². The molecule has 0 bridgehead atoms. The van der Waals surface area contributed by atoms with Gasteiger partial charge in [0, 0.05) is 5.02 Å². The van der Waals surface area contributed by atoms with Gasteiger partial charge in [0.2, 0.25) is 0 Å². The van der Waals surface area contributed by atoms with Crippen molar-refractivity contribution in [3.8, 4) is 0 Å². The highest BCUT2D eigenvalue weighted by molar-refractivity contribution is 7.17. The summed E-state index contributed by atoms with van der Waals surface area (Å²) in [6.07, 6.45) is 2.91. The van der Waals surface area contributed by atoms with Crippen LogP contribution in [-0.4, -0.2) is 34.9 Å². The first kappa shape index (κ1) is 23.4. The highest BCUT2D eigenvalue weighted by Gasteiger charge is 2.45. The minimum Gasteiger partial charge on any atom is -0.503 e. The standard InChI is InChI=1S/C25H19ClN2O5S/c1-14-22(24(32)33-2)34-25(27-14)28-20(16-9-6-10-17(26)13-16)19(21(30)23(28)31)18(29)12-11-15-7-4-3-5-8-15/h3-13,20,30H,1-2H3/b12-11+. The van der Waals surface area contributed by atoms with Crippen LogP contribution in [-0.2, 0) is 14.3 Å². The number of allylic oxidation sites excluding steroid dienone is 1. The van der Waals surface area contributed by atoms with Crippen LogP contribution in [0.3, 0.4) is 0 Å². The van der Waals surface area contributed by atoms with Crippen LogP contribution < -0.4 is 4.90 Å². The summed E-state index contributed by atoms with van der Waals surface area (Å²) in [6, 6.07) is 14.8. The van der Waals surface area contributed by atoms with Crippen molar-refractivity contribution in [2.75, 3.05) is 12.0 Å². The van der Waals surface area contributed by atoms with Crippen LogP contribution in [0.4, 0.5) is 5.13 Å². The Hall–Kier alpha value is -3.75. The first-order valence-corrected chi connectivity index (χ1v) is 11.4. The summed E-state index contributed by atoms with van der Waals surface area (Å²) in [4.78, 5) is 44.3. The summed E-state index contributed by atoms with van der Waals surface area (Å²) in [5, 5.41) is 11.3. The van der Waals surface area contributed by atoms with E-state index in [1.54, 1.807) is 37.3 Å². The number of rotatable bonds is 6. The molecule has 0 saturated heterocycles. The highest BCUT2D eigenvalue weighted by Crippen LogP contribution is 2.43. The molecule has 0 aliphatic carbocycles. The lowest BCUT2D eigenvalue weighted by Gasteiger charge is -2.24. The van der Waals surface area contributed by atoms with Gasteiger partial charge >= 0.3 is 5.97 Å². The van der Waals surface area contributed by atoms with Crippen LogP contribution in [0.25, 0.3) is 6.08 Å². The SMILES string of the molecule is COC(=O)c1sc(N2C(=O)C(O)=C(C(=O)/C=C/c3ccccc3)C2c2cccc(Cl)c2)nc1C. The van der Waals surface area contributed by atoms with Gasteiger partial charge in [-0.25, -0.2) is 9.78 Å². The van der Waals surface area contributed by atoms with Gasteiger partial charge in [-0.2, -0.15) is 0 Å². The van der Waals surface area contributed by atoms with Crippen molar-refractivity contribution in [3.05, 3.63) is 98.7 Å². The van der Waals surface area contributed by atoms with Gasteiger partial charge in [0.1, 0.15) is 4.88 Å². The molecule has 1 amide bonds. The Balaban J connectivity index is 1.81. The molecule has 34 heavy (non-hydrogen) atoms. The maximum atomic E-state index is 13.2. The largest absolute Gasteiger partial charge is 0.503 e. The molecule has 172 valence electrons. The molecule has 9 heteroatoms. The lowest BCUT2D eigenvalue weighted by molar-refractivity contribution is -0.117. The van der Waals surface area contributed by atoms with E-state index < -0.39 is 29.5 Å². The molecule has 0 saturated carbocycles. The quantitative estimate of drug-likeness (QED) is 0.379. The lowest BCUT2D eigenvalue weighted by atomic mass is 9.96. The van der Waals surface area contributed by atoms with Gasteiger partial charge in [-0.15, -0.1) is 0 Å². The first-order valence-electron chi connectivity index (χ1n) is 10.2. The number of aliphatic hydroxyl groups is 1. The average molecular weight is 495 g/mol. The zero-order valence-electron chi connectivity index (χ0n) is 18.2. The van der Waals surface area contributed by atoms with E-state index in [0.29, 0.717) is 16.3 Å². The molecular formula is C25H19ClN2O5S. The molecule has 1 aromatic heterocycles. The Morgan fingerprint density at radius 3 is 2.59 bits per heavy atom. The van der Waals surface area contributed by atoms with E-state index in [9.17, 15) is 19.5 Å². The molecule has 0 spiro atoms. The van der Waals surface area contributed by atoms with Gasteiger partial charge in [0.15, 0.2) is 16.7 Å². The third-order valence-electron chi connectivity index (χ3n) is 5.23. The number of carbonyl (C=O) groups is 3. The summed E-state index contributed by atoms with van der Waals surface area (Å²) in [7, 11) is 1.25. The second kappa shape index (κ2) is 9.62. The number of nitrogens with zero attached hydrogens (tertiary/aromatic N) is 2. The topological polar surface area (TPSA) is 96.8 Å². The lowest BCUT2D eigenvalue weighted by Crippen LogP contribution is -2.30. The Bertz CT molecular complexity index is 1350. The molecule has 1 aliphatic rings. The smallest absolute Gasteiger partial charge is 0.350 e. The molecule has 2 heterocycles. The highest BCUT2D eigenvalue weighted by atomic mass is 35.5. The normalized spacial score (nSPS) is 15.9. The maximum absolute atomic E-state index is 13.2. The van der Waals surface area contributed by atoms with Crippen LogP contribution in [0.1, 0.15) is 32.5 Å². The third kappa shape index (κ3) is 4.37. The fourth-order valence-electron chi connectivity index (χ4n) is 3.64. The van der Waals surface area contributed by atoms with Crippen molar-refractivity contribution < 1.29 is 24.2 Å². The summed E-state index contributed by atoms with van der Waals surface area (Å²) < 4.78 is 4.79. The van der Waals surface area contributed by atoms with E-state index in [0.717, 1.165) is 16.9 Å². The fraction of sp³-hybridized carbons (Fsp3) is 0.120. The number of halogens is 1. The molecular weight excluding hydrogens is 476 g/mol. The third-order valence-corrected chi connectivity index (χ3v) is 6.60. The van der Waals surface area contributed by atoms with Gasteiger partial charge in [-0.3, -0.25) is 14.5 Å². The van der Waals surface area contributed by atoms with Gasteiger partial charge in [-0.05, 0) is 36.3 Å². The van der Waals surface area contributed by atoms with Crippen LogP contribution in [0.5, 0.6) is 0 Å². The number of amides is 1. The van der Waals surface area contributed by atoms with E-state index in [-0.39, 0.29) is 15.6 Å². The molecule has 1 unspecified atom stereocenters. The predicted octanol–water partition coefficient (Wildman–Crippen LogP) is 5.07. The van der Waals surface area contributed by atoms with Crippen molar-refractivity contribution in [1.29, 1.82) is 0 Å². The van der Waals surface area contributed by atoms with Crippen molar-refractivity contribution >= 4 is 51.8 Å². The minimum atomic E-state index is -0.991. The van der Waals surface area contributed by atoms with Crippen LogP contribution in [0.2, 0.25) is 5.02 Å². The predicted molar refractivity (Wildman–Crippen MR) is 130 cm³/mol. The number of aromatic nitrogens is 1. The number of benzene rings is 2. The fourth-order valence-corrected chi connectivity index (χ4v) is 4.85. The van der Waals surface area contributed by atoms with Crippen molar-refractivity contribution in [3.63, 3.8) is 0 Å². The molecule has 1 N–H and O–H groups in total. The number of hydrogen-bond acceptors (Lipinski definition) is 7. The molecule has 1 atom stereocenters. The molecule has 3 aromatic rings. The number of esters is 1.